The smallest absolute Gasteiger partial charge is 0.336 e. The summed E-state index contributed by atoms with van der Waals surface area (Å²) in [5.74, 6) is -0.326. The third kappa shape index (κ3) is 4.88. The first-order chi connectivity index (χ1) is 15.8. The van der Waals surface area contributed by atoms with Crippen LogP contribution in [0.1, 0.15) is 18.9 Å². The largest absolute Gasteiger partial charge is 0.497 e. The van der Waals surface area contributed by atoms with Gasteiger partial charge in [-0.1, -0.05) is 18.5 Å². The maximum absolute atomic E-state index is 13.3. The van der Waals surface area contributed by atoms with E-state index in [-0.39, 0.29) is 27.8 Å². The zero-order valence-corrected chi connectivity index (χ0v) is 19.3. The van der Waals surface area contributed by atoms with Gasteiger partial charge in [-0.2, -0.15) is 0 Å². The molecule has 174 valence electrons. The average Bonchev–Trinajstić information content (AvgIpc) is 2.81. The Balaban J connectivity index is 2.09. The number of hydrogen-bond donors (Lipinski definition) is 1. The molecule has 3 rings (SSSR count). The van der Waals surface area contributed by atoms with Crippen LogP contribution in [0.3, 0.4) is 0 Å². The molecule has 1 N–H and O–H groups in total. The summed E-state index contributed by atoms with van der Waals surface area (Å²) in [6.45, 7) is 2.38. The fourth-order valence-electron chi connectivity index (χ4n) is 3.15. The van der Waals surface area contributed by atoms with Crippen LogP contribution in [0.25, 0.3) is 6.08 Å². The SMILES string of the molecule is CCCOc1cc(OC)ccc1/C=C1\C(=O)NC(=O)N(c2cc(OC)c(Cl)cc2OC)C1=O. The van der Waals surface area contributed by atoms with Gasteiger partial charge in [0.05, 0.1) is 38.6 Å². The van der Waals surface area contributed by atoms with Gasteiger partial charge in [-0.3, -0.25) is 14.9 Å². The second-order valence-electron chi connectivity index (χ2n) is 6.87. The molecule has 1 heterocycles. The molecule has 4 amide bonds. The highest BCUT2D eigenvalue weighted by molar-refractivity contribution is 6.39. The Morgan fingerprint density at radius 3 is 2.33 bits per heavy atom. The van der Waals surface area contributed by atoms with Gasteiger partial charge in [-0.25, -0.2) is 9.69 Å². The number of nitrogens with zero attached hydrogens (tertiary/aromatic N) is 1. The predicted octanol–water partition coefficient (Wildman–Crippen LogP) is 3.82. The minimum atomic E-state index is -0.929. The molecule has 2 aromatic rings. The zero-order chi connectivity index (χ0) is 24.1. The van der Waals surface area contributed by atoms with Crippen LogP contribution in [0.5, 0.6) is 23.0 Å². The van der Waals surface area contributed by atoms with E-state index in [0.717, 1.165) is 11.3 Å². The Kier molecular flexibility index (Phi) is 7.44. The molecule has 0 aromatic heterocycles. The number of benzene rings is 2. The van der Waals surface area contributed by atoms with E-state index in [1.165, 1.54) is 39.5 Å². The molecule has 1 aliphatic rings. The molecular weight excluding hydrogens is 452 g/mol. The molecule has 0 spiro atoms. The minimum absolute atomic E-state index is 0.0665. The van der Waals surface area contributed by atoms with E-state index in [1.54, 1.807) is 18.2 Å². The molecule has 1 fully saturated rings. The molecule has 0 atom stereocenters. The number of ether oxygens (including phenoxy) is 4. The summed E-state index contributed by atoms with van der Waals surface area (Å²) in [7, 11) is 4.28. The van der Waals surface area contributed by atoms with Crippen LogP contribution in [-0.4, -0.2) is 45.8 Å². The highest BCUT2D eigenvalue weighted by atomic mass is 35.5. The van der Waals surface area contributed by atoms with Crippen molar-refractivity contribution in [2.24, 2.45) is 0 Å². The van der Waals surface area contributed by atoms with Crippen molar-refractivity contribution in [2.75, 3.05) is 32.8 Å². The van der Waals surface area contributed by atoms with Crippen molar-refractivity contribution in [3.63, 3.8) is 0 Å². The van der Waals surface area contributed by atoms with E-state index in [0.29, 0.717) is 23.7 Å². The van der Waals surface area contributed by atoms with Gasteiger partial charge in [0.15, 0.2) is 0 Å². The summed E-state index contributed by atoms with van der Waals surface area (Å²) < 4.78 is 21.5. The number of urea groups is 1. The lowest BCUT2D eigenvalue weighted by Crippen LogP contribution is -2.54. The number of amides is 4. The van der Waals surface area contributed by atoms with E-state index in [1.807, 2.05) is 6.92 Å². The van der Waals surface area contributed by atoms with Crippen LogP contribution in [-0.2, 0) is 9.59 Å². The van der Waals surface area contributed by atoms with Gasteiger partial charge in [0.25, 0.3) is 11.8 Å². The molecule has 10 heteroatoms. The lowest BCUT2D eigenvalue weighted by molar-refractivity contribution is -0.122. The van der Waals surface area contributed by atoms with Gasteiger partial charge in [-0.05, 0) is 24.6 Å². The van der Waals surface area contributed by atoms with Crippen LogP contribution < -0.4 is 29.2 Å². The Morgan fingerprint density at radius 2 is 1.70 bits per heavy atom. The molecule has 0 radical (unpaired) electrons. The topological polar surface area (TPSA) is 103 Å². The van der Waals surface area contributed by atoms with Gasteiger partial charge >= 0.3 is 6.03 Å². The van der Waals surface area contributed by atoms with Crippen LogP contribution in [0.2, 0.25) is 5.02 Å². The standard InChI is InChI=1S/C23H23ClN2O7/c1-5-8-33-18-10-14(30-2)7-6-13(18)9-15-21(27)25-23(29)26(22(15)28)17-12-19(31-3)16(24)11-20(17)32-4/h6-7,9-12H,5,8H2,1-4H3,(H,25,27,29)/b15-9+. The van der Waals surface area contributed by atoms with Crippen LogP contribution >= 0.6 is 11.6 Å². The Bertz CT molecular complexity index is 1130. The molecule has 1 aliphatic heterocycles. The molecule has 0 aliphatic carbocycles. The van der Waals surface area contributed by atoms with Crippen LogP contribution in [0.15, 0.2) is 35.9 Å². The van der Waals surface area contributed by atoms with Gasteiger partial charge in [0, 0.05) is 23.8 Å². The Hall–Kier alpha value is -3.72. The number of imide groups is 2. The molecular formula is C23H23ClN2O7. The fraction of sp³-hybridized carbons (Fsp3) is 0.261. The number of carbonyl (C=O) groups excluding carboxylic acids is 3. The van der Waals surface area contributed by atoms with Gasteiger partial charge < -0.3 is 18.9 Å². The van der Waals surface area contributed by atoms with Crippen molar-refractivity contribution in [1.82, 2.24) is 5.32 Å². The Morgan fingerprint density at radius 1 is 0.970 bits per heavy atom. The lowest BCUT2D eigenvalue weighted by atomic mass is 10.1. The molecule has 2 aromatic carbocycles. The second kappa shape index (κ2) is 10.3. The predicted molar refractivity (Wildman–Crippen MR) is 122 cm³/mol. The summed E-state index contributed by atoms with van der Waals surface area (Å²) in [5, 5.41) is 2.41. The monoisotopic (exact) mass is 474 g/mol. The number of nitrogens with one attached hydrogen (secondary N) is 1. The fourth-order valence-corrected chi connectivity index (χ4v) is 3.38. The Labute approximate surface area is 195 Å². The van der Waals surface area contributed by atoms with Crippen molar-refractivity contribution >= 4 is 41.2 Å². The van der Waals surface area contributed by atoms with E-state index >= 15 is 0 Å². The molecule has 0 unspecified atom stereocenters. The number of halogens is 1. The molecule has 0 bridgehead atoms. The van der Waals surface area contributed by atoms with Gasteiger partial charge in [-0.15, -0.1) is 0 Å². The van der Waals surface area contributed by atoms with Crippen molar-refractivity contribution in [1.29, 1.82) is 0 Å². The van der Waals surface area contributed by atoms with Crippen molar-refractivity contribution in [3.8, 4) is 23.0 Å². The minimum Gasteiger partial charge on any atom is -0.497 e. The third-order valence-corrected chi connectivity index (χ3v) is 5.07. The molecule has 9 nitrogen and oxygen atoms in total. The number of barbiturate groups is 1. The summed E-state index contributed by atoms with van der Waals surface area (Å²) >= 11 is 6.14. The van der Waals surface area contributed by atoms with Gasteiger partial charge in [0.1, 0.15) is 28.6 Å². The van der Waals surface area contributed by atoms with E-state index in [9.17, 15) is 14.4 Å². The first-order valence-corrected chi connectivity index (χ1v) is 10.4. The summed E-state index contributed by atoms with van der Waals surface area (Å²) in [5.41, 5.74) is 0.270. The summed E-state index contributed by atoms with van der Waals surface area (Å²) in [6.07, 6.45) is 2.12. The maximum atomic E-state index is 13.3. The van der Waals surface area contributed by atoms with Gasteiger partial charge in [0.2, 0.25) is 0 Å². The van der Waals surface area contributed by atoms with Crippen molar-refractivity contribution in [2.45, 2.75) is 13.3 Å². The summed E-state index contributed by atoms with van der Waals surface area (Å²) in [4.78, 5) is 39.3. The number of rotatable bonds is 8. The zero-order valence-electron chi connectivity index (χ0n) is 18.6. The van der Waals surface area contributed by atoms with E-state index < -0.39 is 17.8 Å². The number of carbonyl (C=O) groups is 3. The van der Waals surface area contributed by atoms with Crippen LogP contribution in [0, 0.1) is 0 Å². The van der Waals surface area contributed by atoms with E-state index in [4.69, 9.17) is 30.5 Å². The number of anilines is 1. The molecule has 0 saturated carbocycles. The summed E-state index contributed by atoms with van der Waals surface area (Å²) in [6, 6.07) is 6.85. The first kappa shape index (κ1) is 23.9. The normalized spacial score (nSPS) is 14.9. The maximum Gasteiger partial charge on any atom is 0.336 e. The third-order valence-electron chi connectivity index (χ3n) is 4.78. The number of hydrogen-bond acceptors (Lipinski definition) is 7. The van der Waals surface area contributed by atoms with Crippen molar-refractivity contribution in [3.05, 3.63) is 46.5 Å². The quantitative estimate of drug-likeness (QED) is 0.458. The van der Waals surface area contributed by atoms with Crippen molar-refractivity contribution < 1.29 is 33.3 Å². The van der Waals surface area contributed by atoms with E-state index in [2.05, 4.69) is 5.32 Å². The van der Waals surface area contributed by atoms with Crippen LogP contribution in [0.4, 0.5) is 10.5 Å². The number of methoxy groups -OCH3 is 3. The lowest BCUT2D eigenvalue weighted by Gasteiger charge is -2.28. The highest BCUT2D eigenvalue weighted by Crippen LogP contribution is 2.39. The average molecular weight is 475 g/mol. The molecule has 33 heavy (non-hydrogen) atoms. The second-order valence-corrected chi connectivity index (χ2v) is 7.28. The first-order valence-electron chi connectivity index (χ1n) is 9.98. The highest BCUT2D eigenvalue weighted by Gasteiger charge is 2.38. The molecule has 1 saturated heterocycles.